The van der Waals surface area contributed by atoms with Gasteiger partial charge < -0.3 is 19.7 Å². The molecule has 0 aliphatic rings. The zero-order valence-electron chi connectivity index (χ0n) is 15.6. The summed E-state index contributed by atoms with van der Waals surface area (Å²) >= 11 is 0. The standard InChI is InChI=1S/C24H16O6/c25-13-20-19-11-14(1-9-21(28)18-8-7-17(27)12-22(18)29)2-10-23(19)30-24(20)15-3-5-16(26)6-4-15/h1-13,26-27,29H/b9-1+. The van der Waals surface area contributed by atoms with Gasteiger partial charge in [-0.05, 0) is 60.2 Å². The third kappa shape index (κ3) is 3.54. The van der Waals surface area contributed by atoms with Crippen LogP contribution in [-0.4, -0.2) is 27.4 Å². The molecule has 3 aromatic carbocycles. The smallest absolute Gasteiger partial charge is 0.189 e. The molecule has 0 amide bonds. The number of phenolic OH excluding ortho intramolecular Hbond substituents is 3. The van der Waals surface area contributed by atoms with Gasteiger partial charge in [0.1, 0.15) is 28.6 Å². The lowest BCUT2D eigenvalue weighted by molar-refractivity contribution is 0.104. The molecule has 0 radical (unpaired) electrons. The number of fused-ring (bicyclic) bond motifs is 1. The zero-order chi connectivity index (χ0) is 21.3. The van der Waals surface area contributed by atoms with Crippen LogP contribution in [0.15, 0.2) is 71.2 Å². The number of carbonyl (C=O) groups is 2. The van der Waals surface area contributed by atoms with E-state index in [9.17, 15) is 24.9 Å². The maximum Gasteiger partial charge on any atom is 0.189 e. The first-order valence-corrected chi connectivity index (χ1v) is 9.02. The molecule has 6 heteroatoms. The molecular weight excluding hydrogens is 384 g/mol. The second-order valence-electron chi connectivity index (χ2n) is 6.66. The Labute approximate surface area is 170 Å². The van der Waals surface area contributed by atoms with Crippen molar-refractivity contribution in [3.8, 4) is 28.6 Å². The predicted octanol–water partition coefficient (Wildman–Crippen LogP) is 4.93. The van der Waals surface area contributed by atoms with Gasteiger partial charge in [-0.3, -0.25) is 9.59 Å². The number of allylic oxidation sites excluding steroid dienone is 1. The van der Waals surface area contributed by atoms with Gasteiger partial charge in [-0.25, -0.2) is 0 Å². The van der Waals surface area contributed by atoms with Crippen molar-refractivity contribution in [2.75, 3.05) is 0 Å². The van der Waals surface area contributed by atoms with Crippen molar-refractivity contribution in [3.05, 3.63) is 83.4 Å². The second kappa shape index (κ2) is 7.60. The van der Waals surface area contributed by atoms with Crippen LogP contribution in [-0.2, 0) is 0 Å². The third-order valence-corrected chi connectivity index (χ3v) is 4.67. The summed E-state index contributed by atoms with van der Waals surface area (Å²) in [6.45, 7) is 0. The van der Waals surface area contributed by atoms with Gasteiger partial charge >= 0.3 is 0 Å². The molecule has 4 rings (SSSR count). The van der Waals surface area contributed by atoms with Crippen molar-refractivity contribution in [2.24, 2.45) is 0 Å². The van der Waals surface area contributed by atoms with Crippen molar-refractivity contribution in [1.29, 1.82) is 0 Å². The summed E-state index contributed by atoms with van der Waals surface area (Å²) in [7, 11) is 0. The lowest BCUT2D eigenvalue weighted by Crippen LogP contribution is -1.94. The van der Waals surface area contributed by atoms with Crippen molar-refractivity contribution in [2.45, 2.75) is 0 Å². The SMILES string of the molecule is O=Cc1c(-c2ccc(O)cc2)oc2ccc(/C=C/C(=O)c3ccc(O)cc3O)cc12. The summed E-state index contributed by atoms with van der Waals surface area (Å²) in [6, 6.07) is 15.3. The van der Waals surface area contributed by atoms with Crippen LogP contribution in [0.3, 0.4) is 0 Å². The minimum atomic E-state index is -0.430. The van der Waals surface area contributed by atoms with Gasteiger partial charge in [-0.1, -0.05) is 12.1 Å². The van der Waals surface area contributed by atoms with Crippen LogP contribution < -0.4 is 0 Å². The van der Waals surface area contributed by atoms with E-state index in [-0.39, 0.29) is 22.8 Å². The number of hydrogen-bond donors (Lipinski definition) is 3. The van der Waals surface area contributed by atoms with Gasteiger partial charge in [-0.15, -0.1) is 0 Å². The molecule has 0 unspecified atom stereocenters. The number of benzene rings is 3. The topological polar surface area (TPSA) is 108 Å². The molecule has 0 fully saturated rings. The Morgan fingerprint density at radius 3 is 2.30 bits per heavy atom. The fourth-order valence-electron chi connectivity index (χ4n) is 3.17. The van der Waals surface area contributed by atoms with Crippen molar-refractivity contribution in [1.82, 2.24) is 0 Å². The normalized spacial score (nSPS) is 11.2. The highest BCUT2D eigenvalue weighted by Crippen LogP contribution is 2.34. The first kappa shape index (κ1) is 19.0. The van der Waals surface area contributed by atoms with Gasteiger partial charge in [0.05, 0.1) is 11.1 Å². The van der Waals surface area contributed by atoms with Gasteiger partial charge in [0.2, 0.25) is 0 Å². The Balaban J connectivity index is 1.69. The molecular formula is C24H16O6. The van der Waals surface area contributed by atoms with E-state index in [0.29, 0.717) is 39.7 Å². The molecule has 0 saturated carbocycles. The van der Waals surface area contributed by atoms with Crippen molar-refractivity contribution >= 4 is 29.1 Å². The molecule has 4 aromatic rings. The van der Waals surface area contributed by atoms with Gasteiger partial charge in [0.15, 0.2) is 12.1 Å². The molecule has 0 aliphatic carbocycles. The van der Waals surface area contributed by atoms with Crippen LogP contribution in [0.25, 0.3) is 28.4 Å². The molecule has 0 spiro atoms. The number of rotatable bonds is 5. The van der Waals surface area contributed by atoms with Crippen LogP contribution in [0.4, 0.5) is 0 Å². The lowest BCUT2D eigenvalue weighted by Gasteiger charge is -2.01. The summed E-state index contributed by atoms with van der Waals surface area (Å²) in [5, 5.41) is 29.2. The zero-order valence-corrected chi connectivity index (χ0v) is 15.6. The Morgan fingerprint density at radius 2 is 1.60 bits per heavy atom. The maximum absolute atomic E-state index is 12.3. The van der Waals surface area contributed by atoms with E-state index in [1.807, 2.05) is 0 Å². The second-order valence-corrected chi connectivity index (χ2v) is 6.66. The number of phenols is 3. The monoisotopic (exact) mass is 400 g/mol. The van der Waals surface area contributed by atoms with Crippen molar-refractivity contribution < 1.29 is 29.3 Å². The van der Waals surface area contributed by atoms with E-state index in [0.717, 1.165) is 6.07 Å². The van der Waals surface area contributed by atoms with E-state index >= 15 is 0 Å². The molecule has 0 saturated heterocycles. The van der Waals surface area contributed by atoms with Crippen LogP contribution in [0.1, 0.15) is 26.3 Å². The van der Waals surface area contributed by atoms with Crippen LogP contribution in [0.2, 0.25) is 0 Å². The minimum absolute atomic E-state index is 0.0663. The summed E-state index contributed by atoms with van der Waals surface area (Å²) < 4.78 is 5.83. The van der Waals surface area contributed by atoms with Crippen molar-refractivity contribution in [3.63, 3.8) is 0 Å². The van der Waals surface area contributed by atoms with E-state index < -0.39 is 5.78 Å². The van der Waals surface area contributed by atoms with Crippen LogP contribution >= 0.6 is 0 Å². The Morgan fingerprint density at radius 1 is 0.867 bits per heavy atom. The Bertz CT molecular complexity index is 1300. The quantitative estimate of drug-likeness (QED) is 0.249. The molecule has 148 valence electrons. The largest absolute Gasteiger partial charge is 0.508 e. The van der Waals surface area contributed by atoms with Gasteiger partial charge in [0, 0.05) is 17.0 Å². The van der Waals surface area contributed by atoms with E-state index in [4.69, 9.17) is 4.42 Å². The molecule has 6 nitrogen and oxygen atoms in total. The first-order chi connectivity index (χ1) is 14.5. The average Bonchev–Trinajstić information content (AvgIpc) is 3.10. The summed E-state index contributed by atoms with van der Waals surface area (Å²) in [6.07, 6.45) is 3.58. The number of aldehydes is 1. The summed E-state index contributed by atoms with van der Waals surface area (Å²) in [5.41, 5.74) is 2.27. The van der Waals surface area contributed by atoms with Crippen LogP contribution in [0.5, 0.6) is 17.2 Å². The number of aromatic hydroxyl groups is 3. The predicted molar refractivity (Wildman–Crippen MR) is 112 cm³/mol. The molecule has 0 atom stereocenters. The van der Waals surface area contributed by atoms with Gasteiger partial charge in [0.25, 0.3) is 0 Å². The summed E-state index contributed by atoms with van der Waals surface area (Å²) in [4.78, 5) is 24.1. The highest BCUT2D eigenvalue weighted by atomic mass is 16.3. The average molecular weight is 400 g/mol. The first-order valence-electron chi connectivity index (χ1n) is 9.02. The maximum atomic E-state index is 12.3. The van der Waals surface area contributed by atoms with Gasteiger partial charge in [-0.2, -0.15) is 0 Å². The van der Waals surface area contributed by atoms with Crippen LogP contribution in [0, 0.1) is 0 Å². The highest BCUT2D eigenvalue weighted by molar-refractivity contribution is 6.09. The van der Waals surface area contributed by atoms with E-state index in [1.165, 1.54) is 30.3 Å². The number of hydrogen-bond acceptors (Lipinski definition) is 6. The summed E-state index contributed by atoms with van der Waals surface area (Å²) in [5.74, 6) is -0.369. The Kier molecular flexibility index (Phi) is 4.82. The fourth-order valence-corrected chi connectivity index (χ4v) is 3.17. The highest BCUT2D eigenvalue weighted by Gasteiger charge is 2.16. The number of carbonyl (C=O) groups excluding carboxylic acids is 2. The Hall–Kier alpha value is -4.32. The molecule has 0 aliphatic heterocycles. The fraction of sp³-hybridized carbons (Fsp3) is 0. The molecule has 3 N–H and O–H groups in total. The third-order valence-electron chi connectivity index (χ3n) is 4.67. The molecule has 1 heterocycles. The van der Waals surface area contributed by atoms with E-state index in [1.54, 1.807) is 36.4 Å². The minimum Gasteiger partial charge on any atom is -0.508 e. The number of ketones is 1. The molecule has 0 bridgehead atoms. The molecule has 30 heavy (non-hydrogen) atoms. The lowest BCUT2D eigenvalue weighted by atomic mass is 10.0. The molecule has 1 aromatic heterocycles. The van der Waals surface area contributed by atoms with E-state index in [2.05, 4.69) is 0 Å². The number of furan rings is 1.